The first-order valence-electron chi connectivity index (χ1n) is 7.34. The van der Waals surface area contributed by atoms with E-state index in [4.69, 9.17) is 4.74 Å². The molecule has 6 nitrogen and oxygen atoms in total. The minimum atomic E-state index is -0.0382. The summed E-state index contributed by atoms with van der Waals surface area (Å²) in [5, 5.41) is 0. The summed E-state index contributed by atoms with van der Waals surface area (Å²) < 4.78 is 5.19. The van der Waals surface area contributed by atoms with E-state index in [0.717, 1.165) is 25.1 Å². The van der Waals surface area contributed by atoms with Crippen molar-refractivity contribution < 1.29 is 9.53 Å². The number of likely N-dealkylation sites (tertiary alicyclic amines) is 1. The molecule has 0 radical (unpaired) electrons. The van der Waals surface area contributed by atoms with E-state index >= 15 is 0 Å². The van der Waals surface area contributed by atoms with Gasteiger partial charge in [-0.15, -0.1) is 0 Å². The van der Waals surface area contributed by atoms with Crippen LogP contribution in [0.25, 0.3) is 0 Å². The lowest BCUT2D eigenvalue weighted by Gasteiger charge is -2.32. The van der Waals surface area contributed by atoms with E-state index < -0.39 is 0 Å². The number of piperidine rings is 1. The smallest absolute Gasteiger partial charge is 0.259 e. The third kappa shape index (κ3) is 2.90. The summed E-state index contributed by atoms with van der Waals surface area (Å²) in [6.45, 7) is 1.41. The molecule has 6 heteroatoms. The predicted molar refractivity (Wildman–Crippen MR) is 80.7 cm³/mol. The normalized spacial score (nSPS) is 18.0. The Morgan fingerprint density at radius 1 is 1.32 bits per heavy atom. The molecule has 22 heavy (non-hydrogen) atoms. The van der Waals surface area contributed by atoms with Crippen molar-refractivity contribution in [2.75, 3.05) is 20.2 Å². The highest BCUT2D eigenvalue weighted by molar-refractivity contribution is 5.96. The summed E-state index contributed by atoms with van der Waals surface area (Å²) in [7, 11) is 1.53. The van der Waals surface area contributed by atoms with E-state index in [1.807, 2.05) is 11.0 Å². The molecule has 0 N–H and O–H groups in total. The van der Waals surface area contributed by atoms with Crippen LogP contribution in [-0.2, 0) is 0 Å². The molecular formula is C16H18N4O2. The van der Waals surface area contributed by atoms with Gasteiger partial charge in [0.15, 0.2) is 0 Å². The van der Waals surface area contributed by atoms with Gasteiger partial charge in [0, 0.05) is 37.1 Å². The second kappa shape index (κ2) is 6.51. The Morgan fingerprint density at radius 3 is 3.00 bits per heavy atom. The number of nitrogens with zero attached hydrogens (tertiary/aromatic N) is 4. The molecule has 0 saturated carbocycles. The van der Waals surface area contributed by atoms with Gasteiger partial charge in [0.05, 0.1) is 7.11 Å². The number of carbonyl (C=O) groups excluding carboxylic acids is 1. The van der Waals surface area contributed by atoms with Crippen LogP contribution in [0.5, 0.6) is 5.88 Å². The highest BCUT2D eigenvalue weighted by Crippen LogP contribution is 2.27. The zero-order valence-electron chi connectivity index (χ0n) is 12.5. The molecule has 0 aromatic carbocycles. The molecule has 3 rings (SSSR count). The summed E-state index contributed by atoms with van der Waals surface area (Å²) in [5.41, 5.74) is 1.50. The Labute approximate surface area is 129 Å². The van der Waals surface area contributed by atoms with Crippen LogP contribution in [-0.4, -0.2) is 46.0 Å². The molecular weight excluding hydrogens is 280 g/mol. The molecule has 1 aliphatic heterocycles. The van der Waals surface area contributed by atoms with Gasteiger partial charge in [0.2, 0.25) is 5.88 Å². The molecule has 1 unspecified atom stereocenters. The summed E-state index contributed by atoms with van der Waals surface area (Å²) in [6.07, 6.45) is 6.91. The summed E-state index contributed by atoms with van der Waals surface area (Å²) >= 11 is 0. The Kier molecular flexibility index (Phi) is 4.27. The van der Waals surface area contributed by atoms with E-state index in [1.54, 1.807) is 30.9 Å². The number of amides is 1. The Morgan fingerprint density at radius 2 is 2.23 bits per heavy atom. The van der Waals surface area contributed by atoms with Gasteiger partial charge in [-0.25, -0.2) is 15.0 Å². The number of methoxy groups -OCH3 is 1. The van der Waals surface area contributed by atoms with Crippen LogP contribution >= 0.6 is 0 Å². The van der Waals surface area contributed by atoms with Gasteiger partial charge in [0.1, 0.15) is 11.9 Å². The Balaban J connectivity index is 1.78. The van der Waals surface area contributed by atoms with E-state index in [-0.39, 0.29) is 11.8 Å². The molecule has 0 spiro atoms. The van der Waals surface area contributed by atoms with Gasteiger partial charge in [-0.2, -0.15) is 0 Å². The lowest BCUT2D eigenvalue weighted by Crippen LogP contribution is -2.39. The van der Waals surface area contributed by atoms with Crippen molar-refractivity contribution in [3.05, 3.63) is 48.2 Å². The van der Waals surface area contributed by atoms with E-state index in [1.165, 1.54) is 7.11 Å². The number of hydrogen-bond acceptors (Lipinski definition) is 5. The molecule has 0 aliphatic carbocycles. The molecule has 0 bridgehead atoms. The maximum Gasteiger partial charge on any atom is 0.259 e. The number of pyridine rings is 1. The van der Waals surface area contributed by atoms with Gasteiger partial charge < -0.3 is 9.64 Å². The molecule has 1 aliphatic rings. The number of carbonyl (C=O) groups is 1. The minimum Gasteiger partial charge on any atom is -0.480 e. The SMILES string of the molecule is COc1ncccc1C(=O)N1CCCC(c2ccncn2)C1. The highest BCUT2D eigenvalue weighted by atomic mass is 16.5. The van der Waals surface area contributed by atoms with Crippen molar-refractivity contribution in [1.29, 1.82) is 0 Å². The molecule has 2 aromatic rings. The zero-order valence-corrected chi connectivity index (χ0v) is 12.5. The van der Waals surface area contributed by atoms with Crippen molar-refractivity contribution in [3.8, 4) is 5.88 Å². The first kappa shape index (κ1) is 14.4. The monoisotopic (exact) mass is 298 g/mol. The fourth-order valence-corrected chi connectivity index (χ4v) is 2.83. The molecule has 114 valence electrons. The first-order chi connectivity index (χ1) is 10.8. The summed E-state index contributed by atoms with van der Waals surface area (Å²) in [5.74, 6) is 0.587. The largest absolute Gasteiger partial charge is 0.480 e. The average Bonchev–Trinajstić information content (AvgIpc) is 2.62. The standard InChI is InChI=1S/C16H18N4O2/c1-22-15-13(5-2-7-18-15)16(21)20-9-3-4-12(10-20)14-6-8-17-11-19-14/h2,5-8,11-12H,3-4,9-10H2,1H3. The van der Waals surface area contributed by atoms with E-state index in [9.17, 15) is 4.79 Å². The molecule has 1 saturated heterocycles. The third-order valence-electron chi connectivity index (χ3n) is 3.93. The minimum absolute atomic E-state index is 0.0382. The third-order valence-corrected chi connectivity index (χ3v) is 3.93. The lowest BCUT2D eigenvalue weighted by atomic mass is 9.94. The van der Waals surface area contributed by atoms with Gasteiger partial charge >= 0.3 is 0 Å². The van der Waals surface area contributed by atoms with Gasteiger partial charge in [-0.3, -0.25) is 4.79 Å². The Bertz CT molecular complexity index is 648. The number of aromatic nitrogens is 3. The van der Waals surface area contributed by atoms with Crippen LogP contribution in [0, 0.1) is 0 Å². The second-order valence-corrected chi connectivity index (χ2v) is 5.28. The molecule has 1 fully saturated rings. The quantitative estimate of drug-likeness (QED) is 0.865. The summed E-state index contributed by atoms with van der Waals surface area (Å²) in [6, 6.07) is 5.42. The van der Waals surface area contributed by atoms with Crippen LogP contribution in [0.4, 0.5) is 0 Å². The van der Waals surface area contributed by atoms with Gasteiger partial charge in [-0.05, 0) is 31.0 Å². The van der Waals surface area contributed by atoms with E-state index in [2.05, 4.69) is 15.0 Å². The number of ether oxygens (including phenoxy) is 1. The van der Waals surface area contributed by atoms with Crippen molar-refractivity contribution in [2.24, 2.45) is 0 Å². The van der Waals surface area contributed by atoms with Crippen molar-refractivity contribution in [2.45, 2.75) is 18.8 Å². The number of rotatable bonds is 3. The zero-order chi connectivity index (χ0) is 15.4. The number of hydrogen-bond donors (Lipinski definition) is 0. The van der Waals surface area contributed by atoms with Crippen molar-refractivity contribution in [1.82, 2.24) is 19.9 Å². The van der Waals surface area contributed by atoms with Gasteiger partial charge in [0.25, 0.3) is 5.91 Å². The summed E-state index contributed by atoms with van der Waals surface area (Å²) in [4.78, 5) is 27.0. The molecule has 3 heterocycles. The second-order valence-electron chi connectivity index (χ2n) is 5.28. The van der Waals surface area contributed by atoms with Crippen molar-refractivity contribution >= 4 is 5.91 Å². The molecule has 1 atom stereocenters. The van der Waals surface area contributed by atoms with Crippen LogP contribution in [0.15, 0.2) is 36.9 Å². The molecule has 2 aromatic heterocycles. The predicted octanol–water partition coefficient (Wildman–Crippen LogP) is 1.90. The lowest BCUT2D eigenvalue weighted by molar-refractivity contribution is 0.0701. The van der Waals surface area contributed by atoms with Crippen LogP contribution in [0.2, 0.25) is 0 Å². The van der Waals surface area contributed by atoms with Crippen LogP contribution in [0.1, 0.15) is 34.8 Å². The van der Waals surface area contributed by atoms with Crippen molar-refractivity contribution in [3.63, 3.8) is 0 Å². The first-order valence-corrected chi connectivity index (χ1v) is 7.34. The van der Waals surface area contributed by atoms with E-state index in [0.29, 0.717) is 18.0 Å². The van der Waals surface area contributed by atoms with Crippen LogP contribution in [0.3, 0.4) is 0 Å². The topological polar surface area (TPSA) is 68.2 Å². The maximum atomic E-state index is 12.7. The maximum absolute atomic E-state index is 12.7. The highest BCUT2D eigenvalue weighted by Gasteiger charge is 2.27. The fourth-order valence-electron chi connectivity index (χ4n) is 2.83. The fraction of sp³-hybridized carbons (Fsp3) is 0.375. The average molecular weight is 298 g/mol. The van der Waals surface area contributed by atoms with Gasteiger partial charge in [-0.1, -0.05) is 0 Å². The Hall–Kier alpha value is -2.50. The molecule has 1 amide bonds. The van der Waals surface area contributed by atoms with Crippen LogP contribution < -0.4 is 4.74 Å².